The van der Waals surface area contributed by atoms with Crippen LogP contribution in [0.5, 0.6) is 0 Å². The molecule has 4 nitrogen and oxygen atoms in total. The Morgan fingerprint density at radius 2 is 2.15 bits per heavy atom. The molecule has 1 aliphatic carbocycles. The lowest BCUT2D eigenvalue weighted by molar-refractivity contribution is 0.170. The summed E-state index contributed by atoms with van der Waals surface area (Å²) in [5.74, 6) is 1.66. The Balaban J connectivity index is 1.94. The predicted molar refractivity (Wildman–Crippen MR) is 51.3 cm³/mol. The number of nitrogens with zero attached hydrogens (tertiary/aromatic N) is 3. The van der Waals surface area contributed by atoms with E-state index in [0.717, 1.165) is 31.2 Å². The van der Waals surface area contributed by atoms with Crippen molar-refractivity contribution < 1.29 is 0 Å². The summed E-state index contributed by atoms with van der Waals surface area (Å²) in [5.41, 5.74) is 8.36. The van der Waals surface area contributed by atoms with E-state index in [-0.39, 0.29) is 6.04 Å². The molecule has 0 aromatic carbocycles. The summed E-state index contributed by atoms with van der Waals surface area (Å²) in [4.78, 5) is 2.91. The fraction of sp³-hybridized carbons (Fsp3) is 1.00. The van der Waals surface area contributed by atoms with Crippen LogP contribution < -0.4 is 5.32 Å². The van der Waals surface area contributed by atoms with Gasteiger partial charge >= 0.3 is 0 Å². The molecule has 1 saturated carbocycles. The second-order valence-corrected chi connectivity index (χ2v) is 4.18. The smallest absolute Gasteiger partial charge is 0.0377 e. The van der Waals surface area contributed by atoms with Crippen molar-refractivity contribution in [2.24, 2.45) is 17.0 Å². The third-order valence-corrected chi connectivity index (χ3v) is 3.43. The lowest BCUT2D eigenvalue weighted by atomic mass is 9.74. The van der Waals surface area contributed by atoms with Gasteiger partial charge in [0.2, 0.25) is 0 Å². The van der Waals surface area contributed by atoms with E-state index in [1.165, 1.54) is 19.4 Å². The lowest BCUT2D eigenvalue weighted by Gasteiger charge is -2.38. The van der Waals surface area contributed by atoms with Gasteiger partial charge in [-0.2, -0.15) is 0 Å². The van der Waals surface area contributed by atoms with Crippen molar-refractivity contribution in [3.63, 3.8) is 0 Å². The zero-order valence-corrected chi connectivity index (χ0v) is 7.82. The van der Waals surface area contributed by atoms with Crippen molar-refractivity contribution in [2.75, 3.05) is 13.1 Å². The number of azide groups is 1. The second-order valence-electron chi connectivity index (χ2n) is 4.18. The van der Waals surface area contributed by atoms with Gasteiger partial charge < -0.3 is 5.32 Å². The van der Waals surface area contributed by atoms with E-state index in [4.69, 9.17) is 5.53 Å². The maximum absolute atomic E-state index is 8.36. The molecule has 1 saturated heterocycles. The van der Waals surface area contributed by atoms with E-state index in [0.29, 0.717) is 0 Å². The first kappa shape index (κ1) is 8.85. The van der Waals surface area contributed by atoms with Crippen LogP contribution in [-0.2, 0) is 0 Å². The van der Waals surface area contributed by atoms with Gasteiger partial charge in [-0.3, -0.25) is 0 Å². The van der Waals surface area contributed by atoms with E-state index in [9.17, 15) is 0 Å². The largest absolute Gasteiger partial charge is 0.316 e. The Labute approximate surface area is 78.3 Å². The summed E-state index contributed by atoms with van der Waals surface area (Å²) in [6.45, 7) is 2.32. The standard InChI is InChI=1S/C9H16N4/c10-13-12-9-2-1-8-6-11-4-3-7(8)5-9/h7-9,11H,1-6H2. The number of rotatable bonds is 1. The molecule has 72 valence electrons. The molecule has 0 aromatic rings. The van der Waals surface area contributed by atoms with Crippen LogP contribution in [0.2, 0.25) is 0 Å². The van der Waals surface area contributed by atoms with Crippen LogP contribution in [-0.4, -0.2) is 19.1 Å². The third kappa shape index (κ3) is 1.95. The molecule has 13 heavy (non-hydrogen) atoms. The van der Waals surface area contributed by atoms with Crippen LogP contribution >= 0.6 is 0 Å². The van der Waals surface area contributed by atoms with Gasteiger partial charge in [-0.1, -0.05) is 5.11 Å². The Morgan fingerprint density at radius 3 is 3.00 bits per heavy atom. The van der Waals surface area contributed by atoms with Gasteiger partial charge in [-0.25, -0.2) is 0 Å². The van der Waals surface area contributed by atoms with Gasteiger partial charge in [0.15, 0.2) is 0 Å². The summed E-state index contributed by atoms with van der Waals surface area (Å²) in [6, 6.07) is 0.282. The molecule has 1 aliphatic heterocycles. The highest BCUT2D eigenvalue weighted by atomic mass is 15.1. The summed E-state index contributed by atoms with van der Waals surface area (Å²) < 4.78 is 0. The zero-order chi connectivity index (χ0) is 9.10. The minimum Gasteiger partial charge on any atom is -0.316 e. The molecule has 0 amide bonds. The average Bonchev–Trinajstić information content (AvgIpc) is 2.18. The highest BCUT2D eigenvalue weighted by Gasteiger charge is 2.31. The first-order valence-corrected chi connectivity index (χ1v) is 5.15. The number of hydrogen-bond donors (Lipinski definition) is 1. The van der Waals surface area contributed by atoms with E-state index in [2.05, 4.69) is 15.3 Å². The van der Waals surface area contributed by atoms with E-state index < -0.39 is 0 Å². The van der Waals surface area contributed by atoms with Crippen molar-refractivity contribution in [3.05, 3.63) is 10.4 Å². The van der Waals surface area contributed by atoms with Gasteiger partial charge in [0.05, 0.1) is 0 Å². The summed E-state index contributed by atoms with van der Waals surface area (Å²) in [5, 5.41) is 7.26. The predicted octanol–water partition coefficient (Wildman–Crippen LogP) is 2.07. The second kappa shape index (κ2) is 3.99. The Hall–Kier alpha value is -0.730. The number of piperidine rings is 1. The molecule has 4 heteroatoms. The Kier molecular flexibility index (Phi) is 2.71. The third-order valence-electron chi connectivity index (χ3n) is 3.43. The van der Waals surface area contributed by atoms with Crippen LogP contribution in [0, 0.1) is 11.8 Å². The lowest BCUT2D eigenvalue weighted by Crippen LogP contribution is -2.40. The molecule has 0 spiro atoms. The van der Waals surface area contributed by atoms with Gasteiger partial charge in [0.1, 0.15) is 0 Å². The number of hydrogen-bond acceptors (Lipinski definition) is 2. The van der Waals surface area contributed by atoms with Crippen LogP contribution in [0.4, 0.5) is 0 Å². The molecule has 2 rings (SSSR count). The molecule has 3 atom stereocenters. The number of nitrogens with one attached hydrogen (secondary N) is 1. The van der Waals surface area contributed by atoms with Gasteiger partial charge in [0.25, 0.3) is 0 Å². The Morgan fingerprint density at radius 1 is 1.23 bits per heavy atom. The van der Waals surface area contributed by atoms with E-state index in [1.54, 1.807) is 0 Å². The topological polar surface area (TPSA) is 60.8 Å². The fourth-order valence-corrected chi connectivity index (χ4v) is 2.68. The summed E-state index contributed by atoms with van der Waals surface area (Å²) in [6.07, 6.45) is 4.72. The molecule has 2 aliphatic rings. The van der Waals surface area contributed by atoms with Crippen molar-refractivity contribution in [3.8, 4) is 0 Å². The zero-order valence-electron chi connectivity index (χ0n) is 7.82. The van der Waals surface area contributed by atoms with Gasteiger partial charge in [-0.05, 0) is 56.1 Å². The van der Waals surface area contributed by atoms with Crippen molar-refractivity contribution in [2.45, 2.75) is 31.7 Å². The van der Waals surface area contributed by atoms with E-state index >= 15 is 0 Å². The average molecular weight is 180 g/mol. The van der Waals surface area contributed by atoms with Gasteiger partial charge in [0, 0.05) is 11.0 Å². The van der Waals surface area contributed by atoms with Gasteiger partial charge in [-0.15, -0.1) is 0 Å². The maximum Gasteiger partial charge on any atom is 0.0377 e. The minimum atomic E-state index is 0.282. The Bertz CT molecular complexity index is 222. The summed E-state index contributed by atoms with van der Waals surface area (Å²) >= 11 is 0. The quantitative estimate of drug-likeness (QED) is 0.375. The highest BCUT2D eigenvalue weighted by Crippen LogP contribution is 2.35. The molecule has 0 bridgehead atoms. The molecule has 0 aromatic heterocycles. The van der Waals surface area contributed by atoms with Crippen LogP contribution in [0.15, 0.2) is 5.11 Å². The normalized spacial score (nSPS) is 38.9. The monoisotopic (exact) mass is 180 g/mol. The molecule has 2 fully saturated rings. The molecule has 1 N–H and O–H groups in total. The molecule has 0 radical (unpaired) electrons. The first-order valence-electron chi connectivity index (χ1n) is 5.15. The fourth-order valence-electron chi connectivity index (χ4n) is 2.68. The molecule has 1 heterocycles. The molecular formula is C9H16N4. The maximum atomic E-state index is 8.36. The molecule has 3 unspecified atom stereocenters. The van der Waals surface area contributed by atoms with E-state index in [1.807, 2.05) is 0 Å². The van der Waals surface area contributed by atoms with Crippen molar-refractivity contribution in [1.29, 1.82) is 0 Å². The van der Waals surface area contributed by atoms with Crippen molar-refractivity contribution in [1.82, 2.24) is 5.32 Å². The van der Waals surface area contributed by atoms with Crippen LogP contribution in [0.1, 0.15) is 25.7 Å². The minimum absolute atomic E-state index is 0.282. The van der Waals surface area contributed by atoms with Crippen LogP contribution in [0.25, 0.3) is 10.4 Å². The van der Waals surface area contributed by atoms with Crippen molar-refractivity contribution >= 4 is 0 Å². The first-order chi connectivity index (χ1) is 6.40. The van der Waals surface area contributed by atoms with Crippen LogP contribution in [0.3, 0.4) is 0 Å². The highest BCUT2D eigenvalue weighted by molar-refractivity contribution is 4.87. The number of fused-ring (bicyclic) bond motifs is 1. The summed E-state index contributed by atoms with van der Waals surface area (Å²) in [7, 11) is 0. The SMILES string of the molecule is [N-]=[N+]=NC1CCC2CNCCC2C1. The molecular weight excluding hydrogens is 164 g/mol.